The Morgan fingerprint density at radius 3 is 2.46 bits per heavy atom. The molecule has 142 valence electrons. The van der Waals surface area contributed by atoms with Gasteiger partial charge < -0.3 is 15.7 Å². The predicted molar refractivity (Wildman–Crippen MR) is 111 cm³/mol. The van der Waals surface area contributed by atoms with Crippen molar-refractivity contribution in [2.45, 2.75) is 26.2 Å². The molecule has 1 atom stereocenters. The van der Waals surface area contributed by atoms with E-state index in [9.17, 15) is 14.7 Å². The van der Waals surface area contributed by atoms with Crippen molar-refractivity contribution in [1.29, 1.82) is 0 Å². The van der Waals surface area contributed by atoms with E-state index in [2.05, 4.69) is 10.6 Å². The second kappa shape index (κ2) is 7.13. The highest BCUT2D eigenvalue weighted by Gasteiger charge is 2.32. The summed E-state index contributed by atoms with van der Waals surface area (Å²) >= 11 is 1.30. The van der Waals surface area contributed by atoms with Crippen molar-refractivity contribution in [3.05, 3.63) is 75.7 Å². The lowest BCUT2D eigenvalue weighted by Crippen LogP contribution is -2.22. The number of phenolic OH excluding ortho intramolecular Hbond substituents is 1. The van der Waals surface area contributed by atoms with Crippen LogP contribution in [0.25, 0.3) is 0 Å². The van der Waals surface area contributed by atoms with E-state index < -0.39 is 0 Å². The Balaban J connectivity index is 1.69. The van der Waals surface area contributed by atoms with Crippen molar-refractivity contribution in [2.24, 2.45) is 0 Å². The zero-order chi connectivity index (χ0) is 19.8. The molecule has 1 aliphatic heterocycles. The summed E-state index contributed by atoms with van der Waals surface area (Å²) in [5.41, 5.74) is 4.66. The number of carbonyl (C=O) groups is 2. The first-order valence-electron chi connectivity index (χ1n) is 9.02. The third-order valence-corrected chi connectivity index (χ3v) is 6.22. The van der Waals surface area contributed by atoms with Gasteiger partial charge in [0.1, 0.15) is 5.75 Å². The summed E-state index contributed by atoms with van der Waals surface area (Å²) in [5, 5.41) is 16.1. The SMILES string of the molecule is Cc1ccc(NC(=O)c2sc3c(c2C)[C@@H](c2ccc(O)cc2)CC(=O)N3)cc1. The number of rotatable bonds is 3. The lowest BCUT2D eigenvalue weighted by molar-refractivity contribution is -0.116. The fourth-order valence-corrected chi connectivity index (χ4v) is 4.72. The van der Waals surface area contributed by atoms with Crippen LogP contribution < -0.4 is 10.6 Å². The first-order valence-corrected chi connectivity index (χ1v) is 9.84. The topological polar surface area (TPSA) is 78.4 Å². The Kier molecular flexibility index (Phi) is 4.65. The molecule has 5 nitrogen and oxygen atoms in total. The second-order valence-electron chi connectivity index (χ2n) is 7.02. The minimum absolute atomic E-state index is 0.0719. The molecule has 3 aromatic rings. The zero-order valence-corrected chi connectivity index (χ0v) is 16.4. The number of nitrogens with one attached hydrogen (secondary N) is 2. The summed E-state index contributed by atoms with van der Waals surface area (Å²) in [6, 6.07) is 14.5. The number of hydrogen-bond donors (Lipinski definition) is 3. The number of carbonyl (C=O) groups excluding carboxylic acids is 2. The van der Waals surface area contributed by atoms with E-state index in [-0.39, 0.29) is 23.5 Å². The summed E-state index contributed by atoms with van der Waals surface area (Å²) < 4.78 is 0. The third kappa shape index (κ3) is 3.39. The molecule has 3 N–H and O–H groups in total. The average molecular weight is 392 g/mol. The van der Waals surface area contributed by atoms with E-state index in [1.807, 2.05) is 50.2 Å². The molecule has 2 aromatic carbocycles. The molecule has 1 aliphatic rings. The van der Waals surface area contributed by atoms with Crippen molar-refractivity contribution in [3.63, 3.8) is 0 Å². The molecule has 0 radical (unpaired) electrons. The number of phenols is 1. The number of aryl methyl sites for hydroxylation is 1. The molecule has 6 heteroatoms. The molecular formula is C22H20N2O3S. The molecule has 4 rings (SSSR count). The van der Waals surface area contributed by atoms with Crippen LogP contribution in [-0.4, -0.2) is 16.9 Å². The molecule has 28 heavy (non-hydrogen) atoms. The van der Waals surface area contributed by atoms with Crippen LogP contribution in [0.3, 0.4) is 0 Å². The number of amides is 2. The van der Waals surface area contributed by atoms with Gasteiger partial charge in [0, 0.05) is 18.0 Å². The monoisotopic (exact) mass is 392 g/mol. The lowest BCUT2D eigenvalue weighted by Gasteiger charge is -2.24. The molecule has 2 amide bonds. The van der Waals surface area contributed by atoms with Crippen LogP contribution in [0, 0.1) is 13.8 Å². The van der Waals surface area contributed by atoms with Crippen molar-refractivity contribution < 1.29 is 14.7 Å². The maximum Gasteiger partial charge on any atom is 0.266 e. The standard InChI is InChI=1S/C22H20N2O3S/c1-12-3-7-15(8-4-12)23-21(27)20-13(2)19-17(11-18(26)24-22(19)28-20)14-5-9-16(25)10-6-14/h3-10,17,25H,11H2,1-2H3,(H,23,27)(H,24,26)/t17-/m1/s1. The molecule has 1 aromatic heterocycles. The Labute approximate surface area is 167 Å². The molecule has 0 spiro atoms. The average Bonchev–Trinajstić information content (AvgIpc) is 3.00. The predicted octanol–water partition coefficient (Wildman–Crippen LogP) is 4.80. The normalized spacial score (nSPS) is 15.6. The number of hydrogen-bond acceptors (Lipinski definition) is 4. The molecule has 0 unspecified atom stereocenters. The molecule has 0 saturated heterocycles. The Bertz CT molecular complexity index is 1050. The zero-order valence-electron chi connectivity index (χ0n) is 15.6. The van der Waals surface area contributed by atoms with Gasteiger partial charge in [0.2, 0.25) is 5.91 Å². The highest BCUT2D eigenvalue weighted by atomic mass is 32.1. The highest BCUT2D eigenvalue weighted by molar-refractivity contribution is 7.18. The van der Waals surface area contributed by atoms with Crippen molar-refractivity contribution >= 4 is 33.8 Å². The van der Waals surface area contributed by atoms with Gasteiger partial charge >= 0.3 is 0 Å². The minimum Gasteiger partial charge on any atom is -0.508 e. The van der Waals surface area contributed by atoms with E-state index in [1.54, 1.807) is 12.1 Å². The number of thiophene rings is 1. The van der Waals surface area contributed by atoms with E-state index in [0.717, 1.165) is 32.9 Å². The molecule has 0 bridgehead atoms. The van der Waals surface area contributed by atoms with Crippen LogP contribution >= 0.6 is 11.3 Å². The van der Waals surface area contributed by atoms with Gasteiger partial charge in [-0.25, -0.2) is 0 Å². The number of fused-ring (bicyclic) bond motifs is 1. The Morgan fingerprint density at radius 1 is 1.11 bits per heavy atom. The minimum atomic E-state index is -0.181. The van der Waals surface area contributed by atoms with Crippen LogP contribution in [0.1, 0.15) is 44.3 Å². The fraction of sp³-hybridized carbons (Fsp3) is 0.182. The molecular weight excluding hydrogens is 372 g/mol. The Hall–Kier alpha value is -3.12. The van der Waals surface area contributed by atoms with Gasteiger partial charge in [-0.15, -0.1) is 11.3 Å². The maximum atomic E-state index is 12.9. The van der Waals surface area contributed by atoms with Gasteiger partial charge in [-0.3, -0.25) is 9.59 Å². The van der Waals surface area contributed by atoms with Gasteiger partial charge in [-0.05, 0) is 54.8 Å². The number of benzene rings is 2. The van der Waals surface area contributed by atoms with Crippen LogP contribution in [0.2, 0.25) is 0 Å². The van der Waals surface area contributed by atoms with E-state index in [0.29, 0.717) is 11.3 Å². The summed E-state index contributed by atoms with van der Waals surface area (Å²) in [7, 11) is 0. The molecule has 0 saturated carbocycles. The second-order valence-corrected chi connectivity index (χ2v) is 8.04. The summed E-state index contributed by atoms with van der Waals surface area (Å²) in [4.78, 5) is 25.7. The van der Waals surface area contributed by atoms with Gasteiger partial charge in [0.05, 0.1) is 9.88 Å². The quantitative estimate of drug-likeness (QED) is 0.599. The largest absolute Gasteiger partial charge is 0.508 e. The van der Waals surface area contributed by atoms with E-state index in [1.165, 1.54) is 11.3 Å². The van der Waals surface area contributed by atoms with Gasteiger partial charge in [0.15, 0.2) is 0 Å². The first kappa shape index (κ1) is 18.3. The number of aromatic hydroxyl groups is 1. The summed E-state index contributed by atoms with van der Waals surface area (Å²) in [6.45, 7) is 3.92. The van der Waals surface area contributed by atoms with E-state index in [4.69, 9.17) is 0 Å². The van der Waals surface area contributed by atoms with Gasteiger partial charge in [-0.1, -0.05) is 29.8 Å². The first-order chi connectivity index (χ1) is 13.4. The number of anilines is 2. The molecule has 0 aliphatic carbocycles. The van der Waals surface area contributed by atoms with E-state index >= 15 is 0 Å². The highest BCUT2D eigenvalue weighted by Crippen LogP contribution is 2.45. The van der Waals surface area contributed by atoms with Gasteiger partial charge in [-0.2, -0.15) is 0 Å². The van der Waals surface area contributed by atoms with Crippen LogP contribution in [0.15, 0.2) is 48.5 Å². The summed E-state index contributed by atoms with van der Waals surface area (Å²) in [6.07, 6.45) is 0.314. The van der Waals surface area contributed by atoms with Crippen molar-refractivity contribution in [1.82, 2.24) is 0 Å². The maximum absolute atomic E-state index is 12.9. The van der Waals surface area contributed by atoms with Crippen LogP contribution in [0.5, 0.6) is 5.75 Å². The van der Waals surface area contributed by atoms with Crippen LogP contribution in [0.4, 0.5) is 10.7 Å². The summed E-state index contributed by atoms with van der Waals surface area (Å²) in [5.74, 6) is -0.206. The van der Waals surface area contributed by atoms with Gasteiger partial charge in [0.25, 0.3) is 5.91 Å². The Morgan fingerprint density at radius 2 is 1.79 bits per heavy atom. The van der Waals surface area contributed by atoms with Crippen molar-refractivity contribution in [3.8, 4) is 5.75 Å². The third-order valence-electron chi connectivity index (χ3n) is 5.00. The van der Waals surface area contributed by atoms with Crippen molar-refractivity contribution in [2.75, 3.05) is 10.6 Å². The smallest absolute Gasteiger partial charge is 0.266 e. The molecule has 2 heterocycles. The fourth-order valence-electron chi connectivity index (χ4n) is 3.54. The lowest BCUT2D eigenvalue weighted by atomic mass is 9.85. The van der Waals surface area contributed by atoms with Crippen LogP contribution in [-0.2, 0) is 4.79 Å². The molecule has 0 fully saturated rings.